The molecule has 1 aromatic rings. The second-order valence-corrected chi connectivity index (χ2v) is 5.92. The molecule has 5 nitrogen and oxygen atoms in total. The number of carbonyl (C=O) groups is 1. The van der Waals surface area contributed by atoms with Gasteiger partial charge in [0.15, 0.2) is 0 Å². The Morgan fingerprint density at radius 1 is 1.58 bits per heavy atom. The number of aryl methyl sites for hydroxylation is 2. The van der Waals surface area contributed by atoms with Gasteiger partial charge in [0.1, 0.15) is 5.76 Å². The maximum absolute atomic E-state index is 12.1. The van der Waals surface area contributed by atoms with Crippen molar-refractivity contribution in [2.75, 3.05) is 25.4 Å². The Morgan fingerprint density at radius 2 is 2.37 bits per heavy atom. The number of nitrogens with one attached hydrogen (secondary N) is 1. The number of carbonyl (C=O) groups excluding carboxylic acids is 1. The molecule has 1 amide bonds. The molecule has 1 N–H and O–H groups in total. The van der Waals surface area contributed by atoms with Crippen LogP contribution in [-0.4, -0.2) is 47.4 Å². The first-order valence-corrected chi connectivity index (χ1v) is 7.74. The number of nitrogens with zero attached hydrogens (tertiary/aromatic N) is 2. The lowest BCUT2D eigenvalue weighted by molar-refractivity contribution is -0.131. The number of amides is 1. The molecule has 106 valence electrons. The molecule has 6 heteroatoms. The van der Waals surface area contributed by atoms with E-state index in [1.54, 1.807) is 11.8 Å². The van der Waals surface area contributed by atoms with Crippen LogP contribution in [0.4, 0.5) is 0 Å². The van der Waals surface area contributed by atoms with Crippen molar-refractivity contribution in [3.63, 3.8) is 0 Å². The van der Waals surface area contributed by atoms with Crippen molar-refractivity contribution < 1.29 is 9.32 Å². The molecule has 0 aliphatic carbocycles. The minimum Gasteiger partial charge on any atom is -0.361 e. The SMILES string of the molecule is Cc1noc(C)c1CSCC(=O)N1CCNC[C@@H]1C. The summed E-state index contributed by atoms with van der Waals surface area (Å²) in [6.45, 7) is 8.53. The lowest BCUT2D eigenvalue weighted by Crippen LogP contribution is -2.52. The fraction of sp³-hybridized carbons (Fsp3) is 0.692. The lowest BCUT2D eigenvalue weighted by atomic mass is 10.2. The Balaban J connectivity index is 1.81. The molecular weight excluding hydrogens is 262 g/mol. The van der Waals surface area contributed by atoms with Crippen molar-refractivity contribution in [1.29, 1.82) is 0 Å². The van der Waals surface area contributed by atoms with Crippen LogP contribution in [-0.2, 0) is 10.5 Å². The minimum atomic E-state index is 0.228. The topological polar surface area (TPSA) is 58.4 Å². The van der Waals surface area contributed by atoms with E-state index in [-0.39, 0.29) is 5.91 Å². The van der Waals surface area contributed by atoms with E-state index >= 15 is 0 Å². The van der Waals surface area contributed by atoms with Crippen molar-refractivity contribution >= 4 is 17.7 Å². The fourth-order valence-electron chi connectivity index (χ4n) is 2.24. The van der Waals surface area contributed by atoms with E-state index in [4.69, 9.17) is 4.52 Å². The van der Waals surface area contributed by atoms with Gasteiger partial charge in [-0.25, -0.2) is 0 Å². The highest BCUT2D eigenvalue weighted by atomic mass is 32.2. The molecule has 1 saturated heterocycles. The summed E-state index contributed by atoms with van der Waals surface area (Å²) in [5.41, 5.74) is 2.04. The molecule has 2 heterocycles. The summed E-state index contributed by atoms with van der Waals surface area (Å²) in [5.74, 6) is 2.39. The number of hydrogen-bond acceptors (Lipinski definition) is 5. The van der Waals surface area contributed by atoms with E-state index in [9.17, 15) is 4.79 Å². The maximum atomic E-state index is 12.1. The zero-order valence-corrected chi connectivity index (χ0v) is 12.5. The second kappa shape index (κ2) is 6.43. The van der Waals surface area contributed by atoms with Gasteiger partial charge >= 0.3 is 0 Å². The highest BCUT2D eigenvalue weighted by molar-refractivity contribution is 7.99. The van der Waals surface area contributed by atoms with Gasteiger partial charge in [-0.1, -0.05) is 5.16 Å². The number of piperazine rings is 1. The van der Waals surface area contributed by atoms with Crippen LogP contribution >= 0.6 is 11.8 Å². The summed E-state index contributed by atoms with van der Waals surface area (Å²) in [6, 6.07) is 0.293. The summed E-state index contributed by atoms with van der Waals surface area (Å²) in [7, 11) is 0. The van der Waals surface area contributed by atoms with Gasteiger partial charge in [0.2, 0.25) is 5.91 Å². The minimum absolute atomic E-state index is 0.228. The second-order valence-electron chi connectivity index (χ2n) is 4.94. The molecule has 0 bridgehead atoms. The third-order valence-electron chi connectivity index (χ3n) is 3.47. The Labute approximate surface area is 118 Å². The first-order valence-electron chi connectivity index (χ1n) is 6.59. The molecule has 0 spiro atoms. The fourth-order valence-corrected chi connectivity index (χ4v) is 3.30. The number of hydrogen-bond donors (Lipinski definition) is 1. The van der Waals surface area contributed by atoms with Gasteiger partial charge in [0.05, 0.1) is 11.4 Å². The molecule has 0 unspecified atom stereocenters. The number of aromatic nitrogens is 1. The van der Waals surface area contributed by atoms with Crippen molar-refractivity contribution in [2.45, 2.75) is 32.6 Å². The lowest BCUT2D eigenvalue weighted by Gasteiger charge is -2.33. The summed E-state index contributed by atoms with van der Waals surface area (Å²) in [4.78, 5) is 14.1. The Kier molecular flexibility index (Phi) is 4.87. The highest BCUT2D eigenvalue weighted by Gasteiger charge is 2.22. The van der Waals surface area contributed by atoms with Crippen molar-refractivity contribution in [3.8, 4) is 0 Å². The van der Waals surface area contributed by atoms with E-state index in [1.807, 2.05) is 18.7 Å². The van der Waals surface area contributed by atoms with Crippen LogP contribution in [0.25, 0.3) is 0 Å². The molecule has 0 radical (unpaired) electrons. The largest absolute Gasteiger partial charge is 0.361 e. The van der Waals surface area contributed by atoms with Crippen LogP contribution < -0.4 is 5.32 Å². The third kappa shape index (κ3) is 3.51. The predicted molar refractivity (Wildman–Crippen MR) is 76.2 cm³/mol. The Morgan fingerprint density at radius 3 is 3.00 bits per heavy atom. The summed E-state index contributed by atoms with van der Waals surface area (Å²) in [5, 5.41) is 7.22. The molecule has 2 rings (SSSR count). The van der Waals surface area contributed by atoms with E-state index in [2.05, 4.69) is 17.4 Å². The van der Waals surface area contributed by atoms with Gasteiger partial charge < -0.3 is 14.7 Å². The summed E-state index contributed by atoms with van der Waals surface area (Å²) in [6.07, 6.45) is 0. The zero-order chi connectivity index (χ0) is 13.8. The molecule has 1 fully saturated rings. The molecule has 1 aromatic heterocycles. The standard InChI is InChI=1S/C13H21N3O2S/c1-9-6-14-4-5-16(9)13(17)8-19-7-12-10(2)15-18-11(12)3/h9,14H,4-8H2,1-3H3/t9-/m0/s1. The zero-order valence-electron chi connectivity index (χ0n) is 11.7. The van der Waals surface area contributed by atoms with Crippen LogP contribution in [0.5, 0.6) is 0 Å². The van der Waals surface area contributed by atoms with E-state index in [0.29, 0.717) is 11.8 Å². The summed E-state index contributed by atoms with van der Waals surface area (Å²) < 4.78 is 5.12. The smallest absolute Gasteiger partial charge is 0.232 e. The number of rotatable bonds is 4. The maximum Gasteiger partial charge on any atom is 0.232 e. The van der Waals surface area contributed by atoms with E-state index in [0.717, 1.165) is 42.4 Å². The molecule has 1 atom stereocenters. The average Bonchev–Trinajstić information content (AvgIpc) is 2.70. The van der Waals surface area contributed by atoms with Crippen molar-refractivity contribution in [1.82, 2.24) is 15.4 Å². The van der Waals surface area contributed by atoms with Gasteiger partial charge in [-0.2, -0.15) is 0 Å². The normalized spacial score (nSPS) is 19.7. The van der Waals surface area contributed by atoms with E-state index < -0.39 is 0 Å². The van der Waals surface area contributed by atoms with Crippen LogP contribution in [0, 0.1) is 13.8 Å². The molecule has 1 aliphatic rings. The van der Waals surface area contributed by atoms with E-state index in [1.165, 1.54) is 0 Å². The molecule has 0 aromatic carbocycles. The molecule has 1 aliphatic heterocycles. The predicted octanol–water partition coefficient (Wildman–Crippen LogP) is 1.34. The van der Waals surface area contributed by atoms with Crippen LogP contribution in [0.2, 0.25) is 0 Å². The first-order chi connectivity index (χ1) is 9.09. The molecule has 19 heavy (non-hydrogen) atoms. The number of thioether (sulfide) groups is 1. The Hall–Kier alpha value is -1.01. The monoisotopic (exact) mass is 283 g/mol. The molecule has 0 saturated carbocycles. The highest BCUT2D eigenvalue weighted by Crippen LogP contribution is 2.20. The van der Waals surface area contributed by atoms with Gasteiger partial charge in [0, 0.05) is 37.0 Å². The molecular formula is C13H21N3O2S. The van der Waals surface area contributed by atoms with Gasteiger partial charge in [-0.15, -0.1) is 11.8 Å². The average molecular weight is 283 g/mol. The van der Waals surface area contributed by atoms with Crippen LogP contribution in [0.3, 0.4) is 0 Å². The van der Waals surface area contributed by atoms with Crippen LogP contribution in [0.15, 0.2) is 4.52 Å². The Bertz CT molecular complexity index is 428. The summed E-state index contributed by atoms with van der Waals surface area (Å²) >= 11 is 1.63. The first kappa shape index (κ1) is 14.4. The van der Waals surface area contributed by atoms with Crippen LogP contribution in [0.1, 0.15) is 23.9 Å². The quantitative estimate of drug-likeness (QED) is 0.904. The van der Waals surface area contributed by atoms with Crippen molar-refractivity contribution in [3.05, 3.63) is 17.0 Å². The van der Waals surface area contributed by atoms with Gasteiger partial charge in [0.25, 0.3) is 0 Å². The van der Waals surface area contributed by atoms with Crippen molar-refractivity contribution in [2.24, 2.45) is 0 Å². The third-order valence-corrected chi connectivity index (χ3v) is 4.42. The van der Waals surface area contributed by atoms with Gasteiger partial charge in [-0.05, 0) is 20.8 Å². The van der Waals surface area contributed by atoms with Gasteiger partial charge in [-0.3, -0.25) is 4.79 Å².